The van der Waals surface area contributed by atoms with Gasteiger partial charge in [-0.2, -0.15) is 0 Å². The molecule has 2 rings (SSSR count). The minimum Gasteiger partial charge on any atom is -0.478 e. The molecule has 0 bridgehead atoms. The number of rotatable bonds is 5. The summed E-state index contributed by atoms with van der Waals surface area (Å²) < 4.78 is 26.6. The van der Waals surface area contributed by atoms with Crippen molar-refractivity contribution in [3.8, 4) is 0 Å². The molecule has 0 unspecified atom stereocenters. The second-order valence-corrected chi connectivity index (χ2v) is 7.38. The van der Waals surface area contributed by atoms with E-state index >= 15 is 0 Å². The molecule has 1 aromatic rings. The number of hydrogen-bond donors (Lipinski definition) is 3. The molecule has 1 aliphatic carbocycles. The summed E-state index contributed by atoms with van der Waals surface area (Å²) >= 11 is 5.71. The Kier molecular flexibility index (Phi) is 4.57. The Morgan fingerprint density at radius 3 is 2.52 bits per heavy atom. The van der Waals surface area contributed by atoms with E-state index in [0.717, 1.165) is 18.9 Å². The molecule has 0 heterocycles. The molecule has 116 valence electrons. The van der Waals surface area contributed by atoms with Gasteiger partial charge < -0.3 is 10.2 Å². The third-order valence-corrected chi connectivity index (χ3v) is 5.33. The van der Waals surface area contributed by atoms with Gasteiger partial charge in [0, 0.05) is 6.54 Å². The molecule has 8 heteroatoms. The molecule has 1 saturated carbocycles. The predicted octanol–water partition coefficient (Wildman–Crippen LogP) is 1.62. The fourth-order valence-electron chi connectivity index (χ4n) is 2.36. The summed E-state index contributed by atoms with van der Waals surface area (Å²) in [5.74, 6) is -1.30. The second-order valence-electron chi connectivity index (χ2n) is 5.20. The molecular weight excluding hydrogens is 318 g/mol. The quantitative estimate of drug-likeness (QED) is 0.759. The molecule has 0 amide bonds. The predicted molar refractivity (Wildman–Crippen MR) is 77.0 cm³/mol. The SMILES string of the molecule is O=C(O)c1cc(S(=O)(=O)NCC2(O)CCCC2)ccc1Cl. The van der Waals surface area contributed by atoms with Crippen LogP contribution in [0.5, 0.6) is 0 Å². The van der Waals surface area contributed by atoms with Gasteiger partial charge in [-0.25, -0.2) is 17.9 Å². The number of nitrogens with one attached hydrogen (secondary N) is 1. The van der Waals surface area contributed by atoms with Crippen molar-refractivity contribution in [1.29, 1.82) is 0 Å². The summed E-state index contributed by atoms with van der Waals surface area (Å²) in [6, 6.07) is 3.46. The molecule has 21 heavy (non-hydrogen) atoms. The van der Waals surface area contributed by atoms with Gasteiger partial charge in [0.2, 0.25) is 10.0 Å². The molecule has 0 aliphatic heterocycles. The third kappa shape index (κ3) is 3.74. The van der Waals surface area contributed by atoms with Gasteiger partial charge >= 0.3 is 5.97 Å². The fraction of sp³-hybridized carbons (Fsp3) is 0.462. The van der Waals surface area contributed by atoms with Crippen LogP contribution in [-0.4, -0.2) is 36.7 Å². The summed E-state index contributed by atoms with van der Waals surface area (Å²) in [5, 5.41) is 19.1. The maximum absolute atomic E-state index is 12.2. The first-order valence-corrected chi connectivity index (χ1v) is 8.35. The Labute approximate surface area is 127 Å². The number of halogens is 1. The van der Waals surface area contributed by atoms with Gasteiger partial charge in [0.15, 0.2) is 0 Å². The number of hydrogen-bond acceptors (Lipinski definition) is 4. The first-order valence-electron chi connectivity index (χ1n) is 6.48. The highest BCUT2D eigenvalue weighted by atomic mass is 35.5. The van der Waals surface area contributed by atoms with Crippen molar-refractivity contribution in [2.45, 2.75) is 36.2 Å². The van der Waals surface area contributed by atoms with E-state index in [1.54, 1.807) is 0 Å². The van der Waals surface area contributed by atoms with Crippen molar-refractivity contribution in [1.82, 2.24) is 4.72 Å². The molecule has 6 nitrogen and oxygen atoms in total. The lowest BCUT2D eigenvalue weighted by molar-refractivity contribution is 0.0531. The lowest BCUT2D eigenvalue weighted by Gasteiger charge is -2.22. The number of carboxylic acids is 1. The number of aromatic carboxylic acids is 1. The van der Waals surface area contributed by atoms with Crippen LogP contribution >= 0.6 is 11.6 Å². The van der Waals surface area contributed by atoms with E-state index in [4.69, 9.17) is 16.7 Å². The van der Waals surface area contributed by atoms with Crippen LogP contribution in [0.1, 0.15) is 36.0 Å². The van der Waals surface area contributed by atoms with Crippen molar-refractivity contribution in [3.63, 3.8) is 0 Å². The third-order valence-electron chi connectivity index (χ3n) is 3.60. The smallest absolute Gasteiger partial charge is 0.337 e. The van der Waals surface area contributed by atoms with Crippen LogP contribution in [0.4, 0.5) is 0 Å². The van der Waals surface area contributed by atoms with Crippen molar-refractivity contribution in [2.24, 2.45) is 0 Å². The molecule has 1 aromatic carbocycles. The maximum atomic E-state index is 12.2. The fourth-order valence-corrected chi connectivity index (χ4v) is 3.70. The summed E-state index contributed by atoms with van der Waals surface area (Å²) in [5.41, 5.74) is -1.30. The van der Waals surface area contributed by atoms with Crippen LogP contribution < -0.4 is 4.72 Å². The van der Waals surface area contributed by atoms with E-state index in [1.807, 2.05) is 0 Å². The van der Waals surface area contributed by atoms with E-state index in [0.29, 0.717) is 12.8 Å². The standard InChI is InChI=1S/C13H16ClNO5S/c14-11-4-3-9(7-10(11)12(16)17)21(19,20)15-8-13(18)5-1-2-6-13/h3-4,7,15,18H,1-2,5-6,8H2,(H,16,17). The normalized spacial score (nSPS) is 17.8. The topological polar surface area (TPSA) is 104 Å². The molecule has 0 atom stereocenters. The van der Waals surface area contributed by atoms with Crippen molar-refractivity contribution < 1.29 is 23.4 Å². The molecule has 0 radical (unpaired) electrons. The van der Waals surface area contributed by atoms with Gasteiger partial charge in [0.1, 0.15) is 0 Å². The number of benzene rings is 1. The molecule has 1 aliphatic rings. The first-order chi connectivity index (χ1) is 9.73. The Balaban J connectivity index is 2.19. The largest absolute Gasteiger partial charge is 0.478 e. The molecule has 3 N–H and O–H groups in total. The summed E-state index contributed by atoms with van der Waals surface area (Å²) in [4.78, 5) is 10.8. The maximum Gasteiger partial charge on any atom is 0.337 e. The molecule has 1 fully saturated rings. The molecule has 0 aromatic heterocycles. The van der Waals surface area contributed by atoms with Crippen LogP contribution in [-0.2, 0) is 10.0 Å². The zero-order chi connectivity index (χ0) is 15.7. The van der Waals surface area contributed by atoms with Crippen molar-refractivity contribution in [3.05, 3.63) is 28.8 Å². The van der Waals surface area contributed by atoms with Gasteiger partial charge in [0.25, 0.3) is 0 Å². The average Bonchev–Trinajstić information content (AvgIpc) is 2.84. The van der Waals surface area contributed by atoms with Crippen LogP contribution in [0.2, 0.25) is 5.02 Å². The van der Waals surface area contributed by atoms with Gasteiger partial charge in [-0.15, -0.1) is 0 Å². The van der Waals surface area contributed by atoms with Gasteiger partial charge in [-0.3, -0.25) is 0 Å². The monoisotopic (exact) mass is 333 g/mol. The van der Waals surface area contributed by atoms with Gasteiger partial charge in [0.05, 0.1) is 21.1 Å². The Bertz CT molecular complexity index is 653. The van der Waals surface area contributed by atoms with Crippen molar-refractivity contribution >= 4 is 27.6 Å². The van der Waals surface area contributed by atoms with Crippen molar-refractivity contribution in [2.75, 3.05) is 6.54 Å². The summed E-state index contributed by atoms with van der Waals surface area (Å²) in [6.45, 7) is -0.0830. The van der Waals surface area contributed by atoms with Crippen LogP contribution in [0.15, 0.2) is 23.1 Å². The molecule has 0 spiro atoms. The van der Waals surface area contributed by atoms with Crippen LogP contribution in [0.25, 0.3) is 0 Å². The van der Waals surface area contributed by atoms with E-state index in [2.05, 4.69) is 4.72 Å². The molecule has 0 saturated heterocycles. The first kappa shape index (κ1) is 16.2. The second kappa shape index (κ2) is 5.92. The number of carboxylic acid groups (broad SMARTS) is 1. The number of aliphatic hydroxyl groups is 1. The summed E-state index contributed by atoms with van der Waals surface area (Å²) in [6.07, 6.45) is 2.83. The van der Waals surface area contributed by atoms with Crippen LogP contribution in [0, 0.1) is 0 Å². The van der Waals surface area contributed by atoms with E-state index in [-0.39, 0.29) is 22.0 Å². The minimum atomic E-state index is -3.89. The van der Waals surface area contributed by atoms with Gasteiger partial charge in [-0.1, -0.05) is 24.4 Å². The highest BCUT2D eigenvalue weighted by Crippen LogP contribution is 2.29. The van der Waals surface area contributed by atoms with E-state index < -0.39 is 21.6 Å². The lowest BCUT2D eigenvalue weighted by Crippen LogP contribution is -2.40. The Morgan fingerprint density at radius 2 is 1.95 bits per heavy atom. The zero-order valence-electron chi connectivity index (χ0n) is 11.2. The summed E-state index contributed by atoms with van der Waals surface area (Å²) in [7, 11) is -3.89. The number of carbonyl (C=O) groups is 1. The lowest BCUT2D eigenvalue weighted by atomic mass is 10.0. The number of sulfonamides is 1. The van der Waals surface area contributed by atoms with E-state index in [1.165, 1.54) is 12.1 Å². The van der Waals surface area contributed by atoms with Gasteiger partial charge in [-0.05, 0) is 31.0 Å². The van der Waals surface area contributed by atoms with E-state index in [9.17, 15) is 18.3 Å². The Morgan fingerprint density at radius 1 is 1.33 bits per heavy atom. The van der Waals surface area contributed by atoms with Crippen LogP contribution in [0.3, 0.4) is 0 Å². The highest BCUT2D eigenvalue weighted by molar-refractivity contribution is 7.89. The highest BCUT2D eigenvalue weighted by Gasteiger charge is 2.32. The minimum absolute atomic E-state index is 0.0316. The zero-order valence-corrected chi connectivity index (χ0v) is 12.7. The molecular formula is C13H16ClNO5S. The average molecular weight is 334 g/mol. The Hall–Kier alpha value is -1.15.